The van der Waals surface area contributed by atoms with E-state index < -0.39 is 0 Å². The zero-order valence-corrected chi connectivity index (χ0v) is 21.5. The van der Waals surface area contributed by atoms with Gasteiger partial charge in [0.15, 0.2) is 11.4 Å². The monoisotopic (exact) mass is 590 g/mol. The molecule has 0 aliphatic heterocycles. The average molecular weight is 593 g/mol. The number of fused-ring (bicyclic) bond motifs is 1. The number of imidazole rings is 1. The van der Waals surface area contributed by atoms with E-state index in [-0.39, 0.29) is 25.0 Å². The summed E-state index contributed by atoms with van der Waals surface area (Å²) < 4.78 is 9.85. The Labute approximate surface area is 206 Å². The molecular formula is C20H18Br2Cl2N4O3. The normalized spacial score (nSPS) is 10.9. The number of hydrogen-bond donors (Lipinski definition) is 0. The van der Waals surface area contributed by atoms with E-state index in [1.165, 1.54) is 11.8 Å². The van der Waals surface area contributed by atoms with Gasteiger partial charge < -0.3 is 9.64 Å². The van der Waals surface area contributed by atoms with Gasteiger partial charge in [0.1, 0.15) is 17.8 Å². The molecule has 0 radical (unpaired) electrons. The van der Waals surface area contributed by atoms with Crippen LogP contribution >= 0.6 is 55.3 Å². The maximum absolute atomic E-state index is 12.5. The minimum Gasteiger partial charge on any atom is -0.485 e. The Morgan fingerprint density at radius 1 is 1.26 bits per heavy atom. The fourth-order valence-electron chi connectivity index (χ4n) is 2.84. The summed E-state index contributed by atoms with van der Waals surface area (Å²) in [6.07, 6.45) is 1.88. The zero-order chi connectivity index (χ0) is 22.9. The minimum atomic E-state index is -0.328. The number of anilines is 1. The Bertz CT molecular complexity index is 1170. The third-order valence-electron chi connectivity index (χ3n) is 4.60. The Kier molecular flexibility index (Phi) is 7.51. The van der Waals surface area contributed by atoms with Crippen molar-refractivity contribution >= 4 is 78.4 Å². The van der Waals surface area contributed by atoms with Crippen molar-refractivity contribution in [1.82, 2.24) is 13.3 Å². The van der Waals surface area contributed by atoms with E-state index >= 15 is 0 Å². The Hall–Kier alpha value is -1.81. The number of amides is 2. The molecule has 0 fully saturated rings. The smallest absolute Gasteiger partial charge is 0.247 e. The van der Waals surface area contributed by atoms with Crippen LogP contribution in [0.5, 0.6) is 5.75 Å². The van der Waals surface area contributed by atoms with Crippen LogP contribution in [0.25, 0.3) is 5.65 Å². The van der Waals surface area contributed by atoms with Crippen molar-refractivity contribution in [3.05, 3.63) is 56.4 Å². The number of carbonyl (C=O) groups is 2. The van der Waals surface area contributed by atoms with E-state index in [4.69, 9.17) is 27.9 Å². The van der Waals surface area contributed by atoms with Gasteiger partial charge in [0, 0.05) is 30.8 Å². The first-order valence-corrected chi connectivity index (χ1v) is 11.3. The van der Waals surface area contributed by atoms with Crippen molar-refractivity contribution in [2.75, 3.05) is 18.5 Å². The van der Waals surface area contributed by atoms with Gasteiger partial charge in [-0.05, 0) is 47.1 Å². The van der Waals surface area contributed by atoms with Crippen molar-refractivity contribution < 1.29 is 14.3 Å². The molecule has 0 saturated carbocycles. The van der Waals surface area contributed by atoms with Gasteiger partial charge in [-0.25, -0.2) is 4.98 Å². The lowest BCUT2D eigenvalue weighted by atomic mass is 10.2. The van der Waals surface area contributed by atoms with Crippen LogP contribution in [0.4, 0.5) is 5.69 Å². The molecule has 0 aliphatic rings. The maximum Gasteiger partial charge on any atom is 0.247 e. The van der Waals surface area contributed by atoms with Crippen molar-refractivity contribution in [2.45, 2.75) is 20.5 Å². The van der Waals surface area contributed by atoms with Crippen LogP contribution in [0, 0.1) is 6.92 Å². The molecule has 0 aliphatic carbocycles. The number of nitrogens with zero attached hydrogens (tertiary/aromatic N) is 4. The third kappa shape index (κ3) is 5.00. The standard InChI is InChI=1S/C20H18Br2Cl2N4O3/c1-11-19(21)27-8-4-5-16(20(27)25-11)31-10-13-14(23)6-7-15(18(13)24)26(3)17(30)9-28(22)12(2)29/h4-8H,9-10H2,1-3H3. The number of hydrogen-bond acceptors (Lipinski definition) is 4. The molecule has 11 heteroatoms. The molecule has 31 heavy (non-hydrogen) atoms. The zero-order valence-electron chi connectivity index (χ0n) is 16.8. The number of halogens is 4. The summed E-state index contributed by atoms with van der Waals surface area (Å²) >= 11 is 19.5. The van der Waals surface area contributed by atoms with E-state index in [0.717, 1.165) is 14.2 Å². The van der Waals surface area contributed by atoms with E-state index in [2.05, 4.69) is 37.1 Å². The number of rotatable bonds is 6. The number of ether oxygens (including phenoxy) is 1. The number of pyridine rings is 1. The van der Waals surface area contributed by atoms with Crippen molar-refractivity contribution in [1.29, 1.82) is 0 Å². The second-order valence-electron chi connectivity index (χ2n) is 6.69. The van der Waals surface area contributed by atoms with E-state index in [1.54, 1.807) is 19.2 Å². The molecule has 0 spiro atoms. The van der Waals surface area contributed by atoms with Crippen LogP contribution in [-0.2, 0) is 16.2 Å². The molecule has 164 valence electrons. The van der Waals surface area contributed by atoms with Gasteiger partial charge in [-0.2, -0.15) is 0 Å². The fraction of sp³-hybridized carbons (Fsp3) is 0.250. The molecule has 0 N–H and O–H groups in total. The van der Waals surface area contributed by atoms with Crippen LogP contribution in [0.3, 0.4) is 0 Å². The van der Waals surface area contributed by atoms with Crippen LogP contribution in [0.2, 0.25) is 10.0 Å². The number of carbonyl (C=O) groups excluding carboxylic acids is 2. The fourth-order valence-corrected chi connectivity index (χ4v) is 4.03. The summed E-state index contributed by atoms with van der Waals surface area (Å²) in [5.41, 5.74) is 2.48. The van der Waals surface area contributed by atoms with Crippen molar-refractivity contribution in [3.8, 4) is 5.75 Å². The Balaban J connectivity index is 1.86. The topological polar surface area (TPSA) is 67.2 Å². The summed E-state index contributed by atoms with van der Waals surface area (Å²) in [5, 5.41) is 0.702. The highest BCUT2D eigenvalue weighted by Gasteiger charge is 2.21. The van der Waals surface area contributed by atoms with E-state index in [0.29, 0.717) is 32.7 Å². The predicted molar refractivity (Wildman–Crippen MR) is 128 cm³/mol. The highest BCUT2D eigenvalue weighted by molar-refractivity contribution is 9.10. The highest BCUT2D eigenvalue weighted by atomic mass is 79.9. The summed E-state index contributed by atoms with van der Waals surface area (Å²) in [7, 11) is 1.58. The number of likely N-dealkylation sites (N-methyl/N-ethyl adjacent to an activating group) is 1. The van der Waals surface area contributed by atoms with Crippen molar-refractivity contribution in [2.24, 2.45) is 0 Å². The van der Waals surface area contributed by atoms with Crippen LogP contribution in [-0.4, -0.2) is 38.7 Å². The molecule has 3 rings (SSSR count). The molecule has 0 bridgehead atoms. The molecule has 2 amide bonds. The molecule has 2 aromatic heterocycles. The summed E-state index contributed by atoms with van der Waals surface area (Å²) in [5.74, 6) is -0.0478. The Morgan fingerprint density at radius 2 is 1.97 bits per heavy atom. The molecule has 0 atom stereocenters. The Morgan fingerprint density at radius 3 is 2.65 bits per heavy atom. The van der Waals surface area contributed by atoms with Crippen LogP contribution in [0.1, 0.15) is 18.2 Å². The van der Waals surface area contributed by atoms with Gasteiger partial charge in [0.05, 0.1) is 32.6 Å². The second-order valence-corrected chi connectivity index (χ2v) is 9.09. The van der Waals surface area contributed by atoms with Gasteiger partial charge in [-0.15, -0.1) is 0 Å². The van der Waals surface area contributed by atoms with Gasteiger partial charge in [-0.1, -0.05) is 23.2 Å². The van der Waals surface area contributed by atoms with Crippen molar-refractivity contribution in [3.63, 3.8) is 0 Å². The van der Waals surface area contributed by atoms with E-state index in [9.17, 15) is 9.59 Å². The number of aromatic nitrogens is 2. The van der Waals surface area contributed by atoms with Gasteiger partial charge in [-0.3, -0.25) is 17.9 Å². The van der Waals surface area contributed by atoms with Gasteiger partial charge >= 0.3 is 0 Å². The number of aryl methyl sites for hydroxylation is 1. The number of benzene rings is 1. The third-order valence-corrected chi connectivity index (χ3v) is 7.09. The molecule has 7 nitrogen and oxygen atoms in total. The molecular weight excluding hydrogens is 575 g/mol. The highest BCUT2D eigenvalue weighted by Crippen LogP contribution is 2.35. The molecule has 3 aromatic rings. The quantitative estimate of drug-likeness (QED) is 0.359. The maximum atomic E-state index is 12.5. The second kappa shape index (κ2) is 9.77. The largest absolute Gasteiger partial charge is 0.485 e. The predicted octanol–water partition coefficient (Wildman–Crippen LogP) is 5.41. The SMILES string of the molecule is CC(=O)N(Br)CC(=O)N(C)c1ccc(Cl)c(COc2cccn3c(Br)c(C)nc23)c1Cl. The summed E-state index contributed by atoms with van der Waals surface area (Å²) in [4.78, 5) is 29.8. The first-order valence-electron chi connectivity index (χ1n) is 9.05. The summed E-state index contributed by atoms with van der Waals surface area (Å²) in [6, 6.07) is 6.95. The lowest BCUT2D eigenvalue weighted by molar-refractivity contribution is -0.128. The van der Waals surface area contributed by atoms with E-state index in [1.807, 2.05) is 29.7 Å². The average Bonchev–Trinajstić information content (AvgIpc) is 3.02. The van der Waals surface area contributed by atoms with Crippen LogP contribution in [0.15, 0.2) is 35.1 Å². The first-order chi connectivity index (χ1) is 14.6. The van der Waals surface area contributed by atoms with Gasteiger partial charge in [0.25, 0.3) is 0 Å². The van der Waals surface area contributed by atoms with Gasteiger partial charge in [0.2, 0.25) is 11.8 Å². The molecule has 0 unspecified atom stereocenters. The summed E-state index contributed by atoms with van der Waals surface area (Å²) in [6.45, 7) is 3.18. The molecule has 2 heterocycles. The first kappa shape index (κ1) is 23.8. The molecule has 0 saturated heterocycles. The minimum absolute atomic E-state index is 0.0781. The molecule has 1 aromatic carbocycles. The van der Waals surface area contributed by atoms with Crippen LogP contribution < -0.4 is 9.64 Å². The lowest BCUT2D eigenvalue weighted by Crippen LogP contribution is -2.36. The lowest BCUT2D eigenvalue weighted by Gasteiger charge is -2.22.